The molecule has 3 heteroatoms. The van der Waals surface area contributed by atoms with Crippen LogP contribution in [0.25, 0.3) is 0 Å². The fourth-order valence-corrected chi connectivity index (χ4v) is 3.35. The zero-order valence-electron chi connectivity index (χ0n) is 10.4. The van der Waals surface area contributed by atoms with Gasteiger partial charge in [0.25, 0.3) is 0 Å². The Kier molecular flexibility index (Phi) is 3.24. The minimum Gasteiger partial charge on any atom is -0.325 e. The fraction of sp³-hybridized carbons (Fsp3) is 0.714. The number of nitrogens with two attached hydrogens (primary N) is 1. The van der Waals surface area contributed by atoms with E-state index in [1.54, 1.807) is 11.3 Å². The molecule has 2 saturated carbocycles. The molecule has 1 heterocycles. The molecule has 0 aliphatic heterocycles. The summed E-state index contributed by atoms with van der Waals surface area (Å²) in [6.07, 6.45) is 7.79. The predicted octanol–water partition coefficient (Wildman–Crippen LogP) is 2.98. The highest BCUT2D eigenvalue weighted by Gasteiger charge is 2.35. The molecule has 0 saturated heterocycles. The second-order valence-electron chi connectivity index (χ2n) is 5.80. The molecule has 0 radical (unpaired) electrons. The van der Waals surface area contributed by atoms with Gasteiger partial charge in [-0.3, -0.25) is 4.90 Å². The van der Waals surface area contributed by atoms with Crippen molar-refractivity contribution < 1.29 is 0 Å². The summed E-state index contributed by atoms with van der Waals surface area (Å²) in [4.78, 5) is 2.65. The molecular weight excluding hydrogens is 228 g/mol. The molecule has 1 aromatic rings. The molecule has 2 fully saturated rings. The van der Waals surface area contributed by atoms with Crippen LogP contribution in [0.3, 0.4) is 0 Å². The van der Waals surface area contributed by atoms with Crippen molar-refractivity contribution in [2.75, 3.05) is 6.54 Å². The van der Waals surface area contributed by atoms with Crippen molar-refractivity contribution in [3.8, 4) is 0 Å². The first-order chi connectivity index (χ1) is 8.25. The zero-order valence-corrected chi connectivity index (χ0v) is 11.2. The molecule has 0 unspecified atom stereocenters. The summed E-state index contributed by atoms with van der Waals surface area (Å²) >= 11 is 1.80. The third-order valence-corrected chi connectivity index (χ3v) is 5.01. The summed E-state index contributed by atoms with van der Waals surface area (Å²) in [6, 6.07) is 3.10. The van der Waals surface area contributed by atoms with Gasteiger partial charge in [0.05, 0.1) is 0 Å². The number of hydrogen-bond acceptors (Lipinski definition) is 3. The van der Waals surface area contributed by atoms with Crippen LogP contribution >= 0.6 is 11.3 Å². The Hall–Kier alpha value is -0.380. The van der Waals surface area contributed by atoms with Crippen molar-refractivity contribution in [1.29, 1.82) is 0 Å². The van der Waals surface area contributed by atoms with E-state index >= 15 is 0 Å². The van der Waals surface area contributed by atoms with Crippen LogP contribution in [0.15, 0.2) is 16.8 Å². The Morgan fingerprint density at radius 2 is 2.24 bits per heavy atom. The second-order valence-corrected chi connectivity index (χ2v) is 6.58. The molecule has 0 atom stereocenters. The lowest BCUT2D eigenvalue weighted by molar-refractivity contribution is 0.172. The van der Waals surface area contributed by atoms with Gasteiger partial charge in [0.2, 0.25) is 0 Å². The Labute approximate surface area is 108 Å². The normalized spacial score (nSPS) is 22.7. The second kappa shape index (κ2) is 4.71. The van der Waals surface area contributed by atoms with Crippen molar-refractivity contribution in [3.05, 3.63) is 22.4 Å². The quantitative estimate of drug-likeness (QED) is 0.841. The Bertz CT molecular complexity index is 352. The van der Waals surface area contributed by atoms with Gasteiger partial charge in [-0.15, -0.1) is 0 Å². The maximum Gasteiger partial charge on any atom is 0.0244 e. The van der Waals surface area contributed by atoms with Gasteiger partial charge in [-0.25, -0.2) is 0 Å². The first-order valence-electron chi connectivity index (χ1n) is 6.79. The van der Waals surface area contributed by atoms with Crippen LogP contribution in [0.4, 0.5) is 0 Å². The molecule has 0 bridgehead atoms. The van der Waals surface area contributed by atoms with E-state index in [1.165, 1.54) is 50.6 Å². The Morgan fingerprint density at radius 3 is 2.76 bits per heavy atom. The van der Waals surface area contributed by atoms with Gasteiger partial charge in [-0.05, 0) is 60.9 Å². The van der Waals surface area contributed by atoms with Gasteiger partial charge in [0.1, 0.15) is 0 Å². The van der Waals surface area contributed by atoms with Crippen molar-refractivity contribution >= 4 is 11.3 Å². The van der Waals surface area contributed by atoms with Gasteiger partial charge in [-0.1, -0.05) is 0 Å². The molecule has 2 aliphatic rings. The first kappa shape index (κ1) is 11.7. The number of rotatable bonds is 6. The van der Waals surface area contributed by atoms with E-state index in [1.807, 2.05) is 0 Å². The first-order valence-corrected chi connectivity index (χ1v) is 7.73. The fourth-order valence-electron chi connectivity index (χ4n) is 2.69. The van der Waals surface area contributed by atoms with Crippen molar-refractivity contribution in [1.82, 2.24) is 4.90 Å². The highest BCUT2D eigenvalue weighted by molar-refractivity contribution is 7.07. The number of thiophene rings is 1. The van der Waals surface area contributed by atoms with E-state index in [0.717, 1.165) is 12.6 Å². The molecule has 2 aliphatic carbocycles. The summed E-state index contributed by atoms with van der Waals surface area (Å²) in [5, 5.41) is 4.45. The van der Waals surface area contributed by atoms with Gasteiger partial charge in [-0.2, -0.15) is 11.3 Å². The summed E-state index contributed by atoms with van der Waals surface area (Å²) in [7, 11) is 0. The van der Waals surface area contributed by atoms with Gasteiger partial charge >= 0.3 is 0 Å². The molecule has 1 aromatic heterocycles. The van der Waals surface area contributed by atoms with Crippen molar-refractivity contribution in [2.24, 2.45) is 5.73 Å². The lowest BCUT2D eigenvalue weighted by Gasteiger charge is -2.39. The van der Waals surface area contributed by atoms with Crippen LogP contribution in [-0.2, 0) is 6.54 Å². The van der Waals surface area contributed by atoms with Gasteiger partial charge in [0.15, 0.2) is 0 Å². The number of nitrogens with zero attached hydrogens (tertiary/aromatic N) is 1. The molecule has 0 spiro atoms. The van der Waals surface area contributed by atoms with Crippen LogP contribution in [-0.4, -0.2) is 23.0 Å². The molecule has 0 amide bonds. The van der Waals surface area contributed by atoms with E-state index in [4.69, 9.17) is 5.73 Å². The molecule has 0 aromatic carbocycles. The zero-order chi connectivity index (χ0) is 11.7. The summed E-state index contributed by atoms with van der Waals surface area (Å²) in [5.74, 6) is 0. The summed E-state index contributed by atoms with van der Waals surface area (Å²) in [5.41, 5.74) is 7.98. The standard InChI is InChI=1S/C14H22N2S/c15-14(5-1-6-14)7-8-16(13-2-3-13)10-12-4-9-17-11-12/h4,9,11,13H,1-3,5-8,10,15H2. The average Bonchev–Trinajstić information content (AvgIpc) is 3.00. The van der Waals surface area contributed by atoms with Crippen LogP contribution in [0.2, 0.25) is 0 Å². The maximum absolute atomic E-state index is 6.32. The summed E-state index contributed by atoms with van der Waals surface area (Å²) < 4.78 is 0. The molecule has 17 heavy (non-hydrogen) atoms. The van der Waals surface area contributed by atoms with Gasteiger partial charge < -0.3 is 5.73 Å². The maximum atomic E-state index is 6.32. The predicted molar refractivity (Wildman–Crippen MR) is 73.1 cm³/mol. The van der Waals surface area contributed by atoms with E-state index in [2.05, 4.69) is 21.7 Å². The average molecular weight is 250 g/mol. The van der Waals surface area contributed by atoms with Crippen LogP contribution < -0.4 is 5.73 Å². The molecule has 3 rings (SSSR count). The van der Waals surface area contributed by atoms with Gasteiger partial charge in [0, 0.05) is 24.7 Å². The van der Waals surface area contributed by atoms with E-state index in [9.17, 15) is 0 Å². The Balaban J connectivity index is 1.53. The third kappa shape index (κ3) is 2.90. The molecule has 2 N–H and O–H groups in total. The monoisotopic (exact) mass is 250 g/mol. The van der Waals surface area contributed by atoms with E-state index in [-0.39, 0.29) is 5.54 Å². The topological polar surface area (TPSA) is 29.3 Å². The molecule has 2 nitrogen and oxygen atoms in total. The SMILES string of the molecule is NC1(CCN(Cc2ccsc2)C2CC2)CCC1. The van der Waals surface area contributed by atoms with Crippen molar-refractivity contribution in [3.63, 3.8) is 0 Å². The Morgan fingerprint density at radius 1 is 1.41 bits per heavy atom. The smallest absolute Gasteiger partial charge is 0.0244 e. The molecular formula is C14H22N2S. The highest BCUT2D eigenvalue weighted by Crippen LogP contribution is 2.34. The lowest BCUT2D eigenvalue weighted by atomic mass is 9.75. The minimum atomic E-state index is 0.182. The van der Waals surface area contributed by atoms with Crippen molar-refractivity contribution in [2.45, 2.75) is 56.7 Å². The third-order valence-electron chi connectivity index (χ3n) is 4.28. The lowest BCUT2D eigenvalue weighted by Crippen LogP contribution is -2.48. The van der Waals surface area contributed by atoms with Crippen LogP contribution in [0.5, 0.6) is 0 Å². The van der Waals surface area contributed by atoms with E-state index < -0.39 is 0 Å². The highest BCUT2D eigenvalue weighted by atomic mass is 32.1. The largest absolute Gasteiger partial charge is 0.325 e. The number of hydrogen-bond donors (Lipinski definition) is 1. The van der Waals surface area contributed by atoms with Crippen LogP contribution in [0.1, 0.15) is 44.1 Å². The van der Waals surface area contributed by atoms with E-state index in [0.29, 0.717) is 0 Å². The summed E-state index contributed by atoms with van der Waals surface area (Å²) in [6.45, 7) is 2.32. The minimum absolute atomic E-state index is 0.182. The molecule has 94 valence electrons. The van der Waals surface area contributed by atoms with Crippen LogP contribution in [0, 0.1) is 0 Å².